The van der Waals surface area contributed by atoms with Crippen LogP contribution in [-0.4, -0.2) is 4.98 Å². The van der Waals surface area contributed by atoms with Gasteiger partial charge in [-0.3, -0.25) is 4.98 Å². The third-order valence-electron chi connectivity index (χ3n) is 1.01. The number of aromatic nitrogens is 1. The molecule has 0 atom stereocenters. The van der Waals surface area contributed by atoms with Crippen molar-refractivity contribution in [1.29, 1.82) is 0 Å². The molecule has 0 bridgehead atoms. The summed E-state index contributed by atoms with van der Waals surface area (Å²) in [4.78, 5) is 3.54. The van der Waals surface area contributed by atoms with E-state index < -0.39 is 12.5 Å². The fraction of sp³-hybridized carbons (Fsp3) is 0.167. The first-order valence-electron chi connectivity index (χ1n) is 2.60. The highest BCUT2D eigenvalue weighted by atomic mass is 127. The van der Waals surface area contributed by atoms with Crippen molar-refractivity contribution in [2.75, 3.05) is 0 Å². The van der Waals surface area contributed by atoms with Crippen LogP contribution >= 0.6 is 22.6 Å². The van der Waals surface area contributed by atoms with E-state index in [1.165, 1.54) is 12.3 Å². The molecule has 0 aliphatic rings. The first-order valence-corrected chi connectivity index (χ1v) is 3.68. The molecule has 0 amide bonds. The molecule has 54 valence electrons. The van der Waals surface area contributed by atoms with E-state index in [0.717, 1.165) is 0 Å². The molecule has 0 unspecified atom stereocenters. The molecule has 1 rings (SSSR count). The molecular formula is C6H4F2IN. The monoisotopic (exact) mass is 255 g/mol. The maximum Gasteiger partial charge on any atom is 0.148 e. The van der Waals surface area contributed by atoms with Gasteiger partial charge in [-0.05, 0) is 28.7 Å². The zero-order chi connectivity index (χ0) is 7.56. The maximum atomic E-state index is 12.5. The van der Waals surface area contributed by atoms with E-state index in [0.29, 0.717) is 3.57 Å². The highest BCUT2D eigenvalue weighted by Crippen LogP contribution is 2.09. The van der Waals surface area contributed by atoms with Gasteiger partial charge in [-0.25, -0.2) is 8.78 Å². The van der Waals surface area contributed by atoms with E-state index in [1.54, 1.807) is 0 Å². The van der Waals surface area contributed by atoms with Crippen molar-refractivity contribution in [1.82, 2.24) is 4.98 Å². The lowest BCUT2D eigenvalue weighted by atomic mass is 10.4. The first-order chi connectivity index (χ1) is 4.74. The van der Waals surface area contributed by atoms with E-state index in [-0.39, 0.29) is 5.69 Å². The van der Waals surface area contributed by atoms with Gasteiger partial charge in [0, 0.05) is 9.77 Å². The van der Waals surface area contributed by atoms with Crippen LogP contribution in [0.5, 0.6) is 0 Å². The third-order valence-corrected chi connectivity index (χ3v) is 1.60. The van der Waals surface area contributed by atoms with Crippen molar-refractivity contribution in [3.63, 3.8) is 0 Å². The van der Waals surface area contributed by atoms with Crippen LogP contribution in [0.15, 0.2) is 12.3 Å². The molecule has 1 aromatic rings. The minimum Gasteiger partial charge on any atom is -0.254 e. The van der Waals surface area contributed by atoms with Crippen LogP contribution in [0.2, 0.25) is 0 Å². The molecular weight excluding hydrogens is 251 g/mol. The smallest absolute Gasteiger partial charge is 0.148 e. The predicted molar refractivity (Wildman–Crippen MR) is 41.7 cm³/mol. The van der Waals surface area contributed by atoms with Crippen LogP contribution in [-0.2, 0) is 6.67 Å². The lowest BCUT2D eigenvalue weighted by molar-refractivity contribution is 0.452. The number of hydrogen-bond acceptors (Lipinski definition) is 1. The maximum absolute atomic E-state index is 12.5. The van der Waals surface area contributed by atoms with Gasteiger partial charge in [0.2, 0.25) is 0 Å². The topological polar surface area (TPSA) is 12.9 Å². The molecule has 0 radical (unpaired) electrons. The quantitative estimate of drug-likeness (QED) is 0.701. The Morgan fingerprint density at radius 2 is 2.30 bits per heavy atom. The second-order valence-corrected chi connectivity index (χ2v) is 2.96. The minimum absolute atomic E-state index is 0.125. The van der Waals surface area contributed by atoms with Crippen molar-refractivity contribution in [3.05, 3.63) is 27.3 Å². The Labute approximate surface area is 70.6 Å². The second kappa shape index (κ2) is 3.23. The van der Waals surface area contributed by atoms with Crippen LogP contribution in [0.25, 0.3) is 0 Å². The second-order valence-electron chi connectivity index (χ2n) is 1.72. The van der Waals surface area contributed by atoms with Crippen molar-refractivity contribution in [2.45, 2.75) is 6.67 Å². The van der Waals surface area contributed by atoms with Crippen molar-refractivity contribution in [3.8, 4) is 0 Å². The number of pyridine rings is 1. The van der Waals surface area contributed by atoms with Gasteiger partial charge in [-0.2, -0.15) is 0 Å². The molecule has 1 nitrogen and oxygen atoms in total. The van der Waals surface area contributed by atoms with Crippen molar-refractivity contribution >= 4 is 22.6 Å². The number of hydrogen-bond donors (Lipinski definition) is 0. The van der Waals surface area contributed by atoms with E-state index in [2.05, 4.69) is 4.98 Å². The lowest BCUT2D eigenvalue weighted by Crippen LogP contribution is -1.91. The van der Waals surface area contributed by atoms with Crippen LogP contribution in [0.1, 0.15) is 5.69 Å². The van der Waals surface area contributed by atoms with Gasteiger partial charge in [0.1, 0.15) is 18.2 Å². The third kappa shape index (κ3) is 1.62. The standard InChI is InChI=1S/C6H4F2IN/c7-2-6-5(8)1-4(9)3-10-6/h1,3H,2H2. The van der Waals surface area contributed by atoms with Crippen LogP contribution in [0.3, 0.4) is 0 Å². The van der Waals surface area contributed by atoms with Crippen LogP contribution in [0.4, 0.5) is 8.78 Å². The molecule has 0 saturated carbocycles. The molecule has 10 heavy (non-hydrogen) atoms. The average molecular weight is 255 g/mol. The molecule has 0 aromatic carbocycles. The fourth-order valence-corrected chi connectivity index (χ4v) is 0.954. The summed E-state index contributed by atoms with van der Waals surface area (Å²) in [6.07, 6.45) is 1.43. The Morgan fingerprint density at radius 3 is 2.80 bits per heavy atom. The first kappa shape index (κ1) is 7.84. The summed E-state index contributed by atoms with van der Waals surface area (Å²) < 4.78 is 25.0. The van der Waals surface area contributed by atoms with Gasteiger partial charge in [-0.1, -0.05) is 0 Å². The van der Waals surface area contributed by atoms with Crippen molar-refractivity contribution in [2.24, 2.45) is 0 Å². The Morgan fingerprint density at radius 1 is 1.60 bits per heavy atom. The summed E-state index contributed by atoms with van der Waals surface area (Å²) in [7, 11) is 0. The molecule has 0 spiro atoms. The van der Waals surface area contributed by atoms with Gasteiger partial charge in [0.25, 0.3) is 0 Å². The largest absolute Gasteiger partial charge is 0.254 e. The van der Waals surface area contributed by atoms with E-state index in [4.69, 9.17) is 0 Å². The molecule has 0 saturated heterocycles. The molecule has 0 aliphatic heterocycles. The molecule has 4 heteroatoms. The summed E-state index contributed by atoms with van der Waals surface area (Å²) in [6, 6.07) is 1.25. The highest BCUT2D eigenvalue weighted by Gasteiger charge is 2.01. The predicted octanol–water partition coefficient (Wildman–Crippen LogP) is 2.29. The van der Waals surface area contributed by atoms with E-state index in [1.807, 2.05) is 22.6 Å². The highest BCUT2D eigenvalue weighted by molar-refractivity contribution is 14.1. The normalized spacial score (nSPS) is 9.90. The van der Waals surface area contributed by atoms with Gasteiger partial charge in [0.15, 0.2) is 0 Å². The van der Waals surface area contributed by atoms with E-state index in [9.17, 15) is 8.78 Å². The molecule has 1 heterocycles. The zero-order valence-corrected chi connectivity index (χ0v) is 7.10. The van der Waals surface area contributed by atoms with Crippen LogP contribution < -0.4 is 0 Å². The number of nitrogens with zero attached hydrogens (tertiary/aromatic N) is 1. The molecule has 0 aliphatic carbocycles. The Kier molecular flexibility index (Phi) is 2.53. The number of rotatable bonds is 1. The Balaban J connectivity index is 3.07. The Bertz CT molecular complexity index is 239. The summed E-state index contributed by atoms with van der Waals surface area (Å²) >= 11 is 1.91. The van der Waals surface area contributed by atoms with Gasteiger partial charge in [-0.15, -0.1) is 0 Å². The van der Waals surface area contributed by atoms with Gasteiger partial charge >= 0.3 is 0 Å². The lowest BCUT2D eigenvalue weighted by Gasteiger charge is -1.95. The number of halogens is 3. The molecule has 1 aromatic heterocycles. The zero-order valence-electron chi connectivity index (χ0n) is 4.94. The summed E-state index contributed by atoms with van der Waals surface area (Å²) in [5.74, 6) is -0.575. The SMILES string of the molecule is FCc1ncc(I)cc1F. The minimum atomic E-state index is -0.844. The van der Waals surface area contributed by atoms with E-state index >= 15 is 0 Å². The average Bonchev–Trinajstić information content (AvgIpc) is 1.88. The Hall–Kier alpha value is -0.260. The van der Waals surface area contributed by atoms with Gasteiger partial charge < -0.3 is 0 Å². The van der Waals surface area contributed by atoms with Gasteiger partial charge in [0.05, 0.1) is 0 Å². The summed E-state index contributed by atoms with van der Waals surface area (Å²) in [6.45, 7) is -0.844. The summed E-state index contributed by atoms with van der Waals surface area (Å²) in [5, 5.41) is 0. The van der Waals surface area contributed by atoms with Crippen molar-refractivity contribution < 1.29 is 8.78 Å². The fourth-order valence-electron chi connectivity index (χ4n) is 0.541. The number of alkyl halides is 1. The molecule has 0 N–H and O–H groups in total. The summed E-state index contributed by atoms with van der Waals surface area (Å²) in [5.41, 5.74) is -0.125. The molecule has 0 fully saturated rings. The van der Waals surface area contributed by atoms with Crippen LogP contribution in [0, 0.1) is 9.39 Å².